The van der Waals surface area contributed by atoms with Crippen LogP contribution in [-0.2, 0) is 11.3 Å². The number of nitrogens with one attached hydrogen (secondary N) is 2. The summed E-state index contributed by atoms with van der Waals surface area (Å²) in [4.78, 5) is 21.2. The number of nitrogens with zero attached hydrogens (tertiary/aromatic N) is 5. The third-order valence-electron chi connectivity index (χ3n) is 6.17. The number of aryl methyl sites for hydroxylation is 1. The van der Waals surface area contributed by atoms with E-state index in [4.69, 9.17) is 25.1 Å². The molecule has 3 aromatic heterocycles. The van der Waals surface area contributed by atoms with Gasteiger partial charge < -0.3 is 25.7 Å². The lowest BCUT2D eigenvalue weighted by Gasteiger charge is -2.23. The van der Waals surface area contributed by atoms with E-state index in [-0.39, 0.29) is 11.7 Å². The van der Waals surface area contributed by atoms with Crippen LogP contribution in [0.1, 0.15) is 26.7 Å². The van der Waals surface area contributed by atoms with Gasteiger partial charge in [-0.3, -0.25) is 4.79 Å². The van der Waals surface area contributed by atoms with Gasteiger partial charge in [0.15, 0.2) is 23.1 Å². The van der Waals surface area contributed by atoms with Gasteiger partial charge in [-0.25, -0.2) is 14.6 Å². The molecule has 1 amide bonds. The number of hydrogen-bond acceptors (Lipinski definition) is 9. The quantitative estimate of drug-likeness (QED) is 0.366. The topological polar surface area (TPSA) is 146 Å². The van der Waals surface area contributed by atoms with Gasteiger partial charge in [0, 0.05) is 24.7 Å². The van der Waals surface area contributed by atoms with Crippen LogP contribution in [0.3, 0.4) is 0 Å². The van der Waals surface area contributed by atoms with Crippen molar-refractivity contribution in [2.45, 2.75) is 33.2 Å². The SMILES string of the molecule is CCn1c(-c2nonc2N)nc2c(-c3cccc(NC(C)=O)c3)ncc(OCC3CCNCC3)c21. The Hall–Kier alpha value is -3.99. The summed E-state index contributed by atoms with van der Waals surface area (Å²) in [6, 6.07) is 7.50. The molecule has 11 heteroatoms. The Labute approximate surface area is 202 Å². The smallest absolute Gasteiger partial charge is 0.221 e. The molecule has 1 aliphatic heterocycles. The Morgan fingerprint density at radius 1 is 1.29 bits per heavy atom. The number of rotatable bonds is 7. The lowest BCUT2D eigenvalue weighted by atomic mass is 9.99. The summed E-state index contributed by atoms with van der Waals surface area (Å²) in [6.07, 6.45) is 3.89. The summed E-state index contributed by atoms with van der Waals surface area (Å²) < 4.78 is 13.2. The van der Waals surface area contributed by atoms with Gasteiger partial charge in [0.2, 0.25) is 5.91 Å². The standard InChI is InChI=1S/C24H28N8O3/c1-3-32-22-18(34-13-15-7-9-26-10-8-15)12-27-19(16-5-4-6-17(11-16)28-14(2)33)20(22)29-24(32)21-23(25)31-35-30-21/h4-6,11-12,15,26H,3,7-10,13H2,1-2H3,(H2,25,31)(H,28,33). The minimum Gasteiger partial charge on any atom is -0.489 e. The van der Waals surface area contributed by atoms with Crippen molar-refractivity contribution in [1.29, 1.82) is 0 Å². The predicted octanol–water partition coefficient (Wildman–Crippen LogP) is 3.09. The summed E-state index contributed by atoms with van der Waals surface area (Å²) in [5.74, 6) is 1.67. The van der Waals surface area contributed by atoms with E-state index in [2.05, 4.69) is 20.9 Å². The normalized spacial score (nSPS) is 14.3. The number of amides is 1. The number of anilines is 2. The van der Waals surface area contributed by atoms with Gasteiger partial charge in [-0.05, 0) is 61.2 Å². The molecular weight excluding hydrogens is 448 g/mol. The molecule has 0 aliphatic carbocycles. The van der Waals surface area contributed by atoms with E-state index in [0.29, 0.717) is 53.2 Å². The van der Waals surface area contributed by atoms with Gasteiger partial charge in [-0.2, -0.15) is 0 Å². The minimum absolute atomic E-state index is 0.145. The summed E-state index contributed by atoms with van der Waals surface area (Å²) in [6.45, 7) is 6.69. The van der Waals surface area contributed by atoms with Crippen LogP contribution < -0.4 is 21.1 Å². The van der Waals surface area contributed by atoms with E-state index in [9.17, 15) is 4.79 Å². The average molecular weight is 477 g/mol. The molecular formula is C24H28N8O3. The first-order valence-electron chi connectivity index (χ1n) is 11.7. The maximum absolute atomic E-state index is 11.6. The van der Waals surface area contributed by atoms with Gasteiger partial charge >= 0.3 is 0 Å². The Balaban J connectivity index is 1.64. The number of ether oxygens (including phenoxy) is 1. The molecule has 4 heterocycles. The number of pyridine rings is 1. The van der Waals surface area contributed by atoms with Crippen LogP contribution in [0.5, 0.6) is 5.75 Å². The number of imidazole rings is 1. The molecule has 1 fully saturated rings. The Morgan fingerprint density at radius 3 is 2.83 bits per heavy atom. The third kappa shape index (κ3) is 4.54. The molecule has 0 radical (unpaired) electrons. The largest absolute Gasteiger partial charge is 0.489 e. The van der Waals surface area contributed by atoms with E-state index >= 15 is 0 Å². The van der Waals surface area contributed by atoms with E-state index in [1.165, 1.54) is 6.92 Å². The Bertz CT molecular complexity index is 1360. The van der Waals surface area contributed by atoms with Crippen molar-refractivity contribution < 1.29 is 14.2 Å². The first-order valence-corrected chi connectivity index (χ1v) is 11.7. The van der Waals surface area contributed by atoms with E-state index in [0.717, 1.165) is 37.0 Å². The highest BCUT2D eigenvalue weighted by molar-refractivity contribution is 5.97. The van der Waals surface area contributed by atoms with E-state index in [1.54, 1.807) is 6.20 Å². The molecule has 0 bridgehead atoms. The Kier molecular flexibility index (Phi) is 6.32. The van der Waals surface area contributed by atoms with Crippen molar-refractivity contribution in [3.05, 3.63) is 30.5 Å². The van der Waals surface area contributed by atoms with Crippen molar-refractivity contribution in [1.82, 2.24) is 30.2 Å². The monoisotopic (exact) mass is 476 g/mol. The summed E-state index contributed by atoms with van der Waals surface area (Å²) in [5, 5.41) is 13.9. The number of fused-ring (bicyclic) bond motifs is 1. The molecule has 0 saturated carbocycles. The molecule has 0 unspecified atom stereocenters. The fraction of sp³-hybridized carbons (Fsp3) is 0.375. The highest BCUT2D eigenvalue weighted by Gasteiger charge is 2.25. The summed E-state index contributed by atoms with van der Waals surface area (Å²) >= 11 is 0. The van der Waals surface area contributed by atoms with Gasteiger partial charge in [0.25, 0.3) is 0 Å². The van der Waals surface area contributed by atoms with Crippen molar-refractivity contribution in [3.8, 4) is 28.5 Å². The van der Waals surface area contributed by atoms with Crippen molar-refractivity contribution in [3.63, 3.8) is 0 Å². The van der Waals surface area contributed by atoms with Gasteiger partial charge in [0.05, 0.1) is 18.5 Å². The first kappa shape index (κ1) is 22.8. The van der Waals surface area contributed by atoms with Crippen LogP contribution in [-0.4, -0.2) is 50.5 Å². The van der Waals surface area contributed by atoms with Crippen LogP contribution >= 0.6 is 0 Å². The summed E-state index contributed by atoms with van der Waals surface area (Å²) in [5.41, 5.74) is 9.97. The molecule has 1 saturated heterocycles. The predicted molar refractivity (Wildman–Crippen MR) is 132 cm³/mol. The van der Waals surface area contributed by atoms with Gasteiger partial charge in [0.1, 0.15) is 11.0 Å². The fourth-order valence-corrected chi connectivity index (χ4v) is 4.47. The van der Waals surface area contributed by atoms with Gasteiger partial charge in [-0.1, -0.05) is 12.1 Å². The van der Waals surface area contributed by atoms with Crippen molar-refractivity contribution in [2.24, 2.45) is 5.92 Å². The molecule has 1 aromatic carbocycles. The van der Waals surface area contributed by atoms with E-state index < -0.39 is 0 Å². The molecule has 0 spiro atoms. The van der Waals surface area contributed by atoms with Crippen LogP contribution in [0, 0.1) is 5.92 Å². The average Bonchev–Trinajstić information content (AvgIpc) is 3.46. The van der Waals surface area contributed by atoms with Crippen molar-refractivity contribution >= 4 is 28.4 Å². The number of nitrogen functional groups attached to an aromatic ring is 1. The molecule has 5 rings (SSSR count). The lowest BCUT2D eigenvalue weighted by molar-refractivity contribution is -0.114. The highest BCUT2D eigenvalue weighted by Crippen LogP contribution is 2.37. The number of hydrogen-bond donors (Lipinski definition) is 3. The molecule has 1 aliphatic rings. The maximum Gasteiger partial charge on any atom is 0.221 e. The number of carbonyl (C=O) groups is 1. The third-order valence-corrected chi connectivity index (χ3v) is 6.17. The molecule has 4 N–H and O–H groups in total. The molecule has 182 valence electrons. The zero-order valence-corrected chi connectivity index (χ0v) is 19.7. The fourth-order valence-electron chi connectivity index (χ4n) is 4.47. The van der Waals surface area contributed by atoms with Crippen LogP contribution in [0.25, 0.3) is 33.8 Å². The number of carbonyl (C=O) groups excluding carboxylic acids is 1. The van der Waals surface area contributed by atoms with Crippen molar-refractivity contribution in [2.75, 3.05) is 30.7 Å². The molecule has 11 nitrogen and oxygen atoms in total. The second kappa shape index (κ2) is 9.71. The highest BCUT2D eigenvalue weighted by atomic mass is 16.6. The minimum atomic E-state index is -0.145. The van der Waals surface area contributed by atoms with Crippen LogP contribution in [0.4, 0.5) is 11.5 Å². The van der Waals surface area contributed by atoms with E-state index in [1.807, 2.05) is 35.8 Å². The van der Waals surface area contributed by atoms with Crippen LogP contribution in [0.15, 0.2) is 35.1 Å². The number of nitrogens with two attached hydrogens (primary N) is 1. The number of benzene rings is 1. The number of piperidine rings is 1. The molecule has 0 atom stereocenters. The van der Waals surface area contributed by atoms with Gasteiger partial charge in [-0.15, -0.1) is 0 Å². The molecule has 35 heavy (non-hydrogen) atoms. The molecule has 4 aromatic rings. The number of aromatic nitrogens is 5. The summed E-state index contributed by atoms with van der Waals surface area (Å²) in [7, 11) is 0. The first-order chi connectivity index (χ1) is 17.0. The lowest BCUT2D eigenvalue weighted by Crippen LogP contribution is -2.30. The Morgan fingerprint density at radius 2 is 2.11 bits per heavy atom. The maximum atomic E-state index is 11.6. The second-order valence-corrected chi connectivity index (χ2v) is 8.61. The zero-order chi connectivity index (χ0) is 24.4. The van der Waals surface area contributed by atoms with Crippen LogP contribution in [0.2, 0.25) is 0 Å². The zero-order valence-electron chi connectivity index (χ0n) is 19.7. The second-order valence-electron chi connectivity index (χ2n) is 8.61.